The lowest BCUT2D eigenvalue weighted by molar-refractivity contribution is 0.0129. The molecule has 1 saturated carbocycles. The number of ether oxygens (including phenoxy) is 1. The highest BCUT2D eigenvalue weighted by atomic mass is 16.5. The molecule has 0 spiro atoms. The molecule has 5 atom stereocenters. The first-order valence-corrected chi connectivity index (χ1v) is 7.65. The third-order valence-electron chi connectivity index (χ3n) is 5.26. The Bertz CT molecular complexity index is 307. The van der Waals surface area contributed by atoms with E-state index in [1.54, 1.807) is 5.57 Å². The molecule has 1 saturated heterocycles. The van der Waals surface area contributed by atoms with Crippen molar-refractivity contribution >= 4 is 0 Å². The van der Waals surface area contributed by atoms with E-state index < -0.39 is 0 Å². The zero-order valence-electron chi connectivity index (χ0n) is 11.3. The van der Waals surface area contributed by atoms with Crippen LogP contribution in [0.15, 0.2) is 11.6 Å². The molecule has 5 unspecified atom stereocenters. The van der Waals surface area contributed by atoms with Gasteiger partial charge in [-0.05, 0) is 43.9 Å². The molecule has 0 aromatic rings. The number of rotatable bonds is 2. The van der Waals surface area contributed by atoms with Gasteiger partial charge in [-0.1, -0.05) is 38.3 Å². The van der Waals surface area contributed by atoms with Crippen LogP contribution in [-0.2, 0) is 4.74 Å². The van der Waals surface area contributed by atoms with Crippen molar-refractivity contribution in [3.63, 3.8) is 0 Å². The van der Waals surface area contributed by atoms with E-state index in [1.165, 1.54) is 44.9 Å². The molecule has 3 aliphatic rings. The van der Waals surface area contributed by atoms with Gasteiger partial charge in [0.15, 0.2) is 0 Å². The number of fused-ring (bicyclic) bond motifs is 2. The van der Waals surface area contributed by atoms with Crippen molar-refractivity contribution in [2.75, 3.05) is 0 Å². The van der Waals surface area contributed by atoms with E-state index in [1.807, 2.05) is 0 Å². The fourth-order valence-corrected chi connectivity index (χ4v) is 4.24. The Balaban J connectivity index is 1.76. The topological polar surface area (TPSA) is 9.23 Å². The molecule has 1 heterocycles. The summed E-state index contributed by atoms with van der Waals surface area (Å²) in [7, 11) is 0. The predicted molar refractivity (Wildman–Crippen MR) is 70.9 cm³/mol. The molecule has 0 amide bonds. The van der Waals surface area contributed by atoms with Gasteiger partial charge in [-0.25, -0.2) is 0 Å². The molecule has 1 nitrogen and oxygen atoms in total. The summed E-state index contributed by atoms with van der Waals surface area (Å²) in [5.41, 5.74) is 1.78. The summed E-state index contributed by atoms with van der Waals surface area (Å²) in [5, 5.41) is 0. The standard InChI is InChI=1S/C16H26O/c1-3-6-15-11(2)14-9-12-7-4-5-8-13(12)10-16(14)17-15/h9,11,13-16H,3-8,10H2,1-2H3. The smallest absolute Gasteiger partial charge is 0.0650 e. The highest BCUT2D eigenvalue weighted by molar-refractivity contribution is 5.18. The number of hydrogen-bond donors (Lipinski definition) is 0. The minimum Gasteiger partial charge on any atom is -0.374 e. The molecule has 0 aromatic carbocycles. The minimum atomic E-state index is 0.534. The van der Waals surface area contributed by atoms with Gasteiger partial charge in [0.2, 0.25) is 0 Å². The van der Waals surface area contributed by atoms with Crippen LogP contribution in [0.25, 0.3) is 0 Å². The first-order valence-electron chi connectivity index (χ1n) is 7.65. The molecule has 2 aliphatic carbocycles. The van der Waals surface area contributed by atoms with Crippen LogP contribution in [0.2, 0.25) is 0 Å². The van der Waals surface area contributed by atoms with Gasteiger partial charge in [-0.15, -0.1) is 0 Å². The van der Waals surface area contributed by atoms with Crippen LogP contribution in [0.1, 0.15) is 58.8 Å². The van der Waals surface area contributed by atoms with Gasteiger partial charge >= 0.3 is 0 Å². The van der Waals surface area contributed by atoms with Crippen molar-refractivity contribution in [3.05, 3.63) is 11.6 Å². The number of allylic oxidation sites excluding steroid dienone is 1. The van der Waals surface area contributed by atoms with E-state index in [0.717, 1.165) is 17.8 Å². The summed E-state index contributed by atoms with van der Waals surface area (Å²) in [6.07, 6.45) is 13.2. The molecule has 0 radical (unpaired) electrons. The average molecular weight is 234 g/mol. The Hall–Kier alpha value is -0.300. The Morgan fingerprint density at radius 3 is 3.06 bits per heavy atom. The maximum absolute atomic E-state index is 6.32. The van der Waals surface area contributed by atoms with Crippen molar-refractivity contribution in [1.82, 2.24) is 0 Å². The largest absolute Gasteiger partial charge is 0.374 e. The molecular weight excluding hydrogens is 208 g/mol. The van der Waals surface area contributed by atoms with Crippen molar-refractivity contribution in [2.45, 2.75) is 71.0 Å². The van der Waals surface area contributed by atoms with Gasteiger partial charge in [0.05, 0.1) is 12.2 Å². The van der Waals surface area contributed by atoms with Gasteiger partial charge in [0.25, 0.3) is 0 Å². The summed E-state index contributed by atoms with van der Waals surface area (Å²) >= 11 is 0. The number of hydrogen-bond acceptors (Lipinski definition) is 1. The van der Waals surface area contributed by atoms with Gasteiger partial charge in [-0.2, -0.15) is 0 Å². The summed E-state index contributed by atoms with van der Waals surface area (Å²) < 4.78 is 6.32. The SMILES string of the molecule is CCCC1OC2CC3CCCCC3=CC2C1C. The first kappa shape index (κ1) is 11.8. The van der Waals surface area contributed by atoms with Crippen molar-refractivity contribution in [2.24, 2.45) is 17.8 Å². The Morgan fingerprint density at radius 2 is 2.24 bits per heavy atom. The van der Waals surface area contributed by atoms with Gasteiger partial charge in [0, 0.05) is 5.92 Å². The van der Waals surface area contributed by atoms with E-state index in [9.17, 15) is 0 Å². The summed E-state index contributed by atoms with van der Waals surface area (Å²) in [4.78, 5) is 0. The Labute approximate surface area is 106 Å². The molecule has 1 aliphatic heterocycles. The summed E-state index contributed by atoms with van der Waals surface area (Å²) in [6, 6.07) is 0. The van der Waals surface area contributed by atoms with Gasteiger partial charge < -0.3 is 4.74 Å². The molecule has 17 heavy (non-hydrogen) atoms. The fourth-order valence-electron chi connectivity index (χ4n) is 4.24. The van der Waals surface area contributed by atoms with E-state index >= 15 is 0 Å². The van der Waals surface area contributed by atoms with Crippen LogP contribution in [0.3, 0.4) is 0 Å². The summed E-state index contributed by atoms with van der Waals surface area (Å²) in [5.74, 6) is 2.35. The third-order valence-corrected chi connectivity index (χ3v) is 5.26. The van der Waals surface area contributed by atoms with Crippen LogP contribution < -0.4 is 0 Å². The molecule has 1 heteroatoms. The van der Waals surface area contributed by atoms with Crippen molar-refractivity contribution < 1.29 is 4.74 Å². The molecule has 96 valence electrons. The summed E-state index contributed by atoms with van der Waals surface area (Å²) in [6.45, 7) is 4.68. The van der Waals surface area contributed by atoms with E-state index in [0.29, 0.717) is 12.2 Å². The lowest BCUT2D eigenvalue weighted by atomic mass is 9.71. The second kappa shape index (κ2) is 4.76. The van der Waals surface area contributed by atoms with E-state index in [2.05, 4.69) is 19.9 Å². The molecular formula is C16H26O. The molecule has 0 aromatic heterocycles. The van der Waals surface area contributed by atoms with Crippen LogP contribution in [0.4, 0.5) is 0 Å². The van der Waals surface area contributed by atoms with Crippen LogP contribution >= 0.6 is 0 Å². The predicted octanol–water partition coefficient (Wildman–Crippen LogP) is 4.33. The second-order valence-corrected chi connectivity index (χ2v) is 6.36. The molecule has 3 rings (SSSR count). The Morgan fingerprint density at radius 1 is 1.35 bits per heavy atom. The van der Waals surface area contributed by atoms with Gasteiger partial charge in [0.1, 0.15) is 0 Å². The average Bonchev–Trinajstić information content (AvgIpc) is 2.64. The van der Waals surface area contributed by atoms with Gasteiger partial charge in [-0.3, -0.25) is 0 Å². The van der Waals surface area contributed by atoms with Crippen LogP contribution in [-0.4, -0.2) is 12.2 Å². The highest BCUT2D eigenvalue weighted by Crippen LogP contribution is 2.47. The first-order chi connectivity index (χ1) is 8.29. The zero-order valence-corrected chi connectivity index (χ0v) is 11.3. The van der Waals surface area contributed by atoms with Crippen molar-refractivity contribution in [3.8, 4) is 0 Å². The highest BCUT2D eigenvalue weighted by Gasteiger charge is 2.44. The normalized spacial score (nSPS) is 45.1. The van der Waals surface area contributed by atoms with E-state index in [-0.39, 0.29) is 0 Å². The molecule has 2 fully saturated rings. The lowest BCUT2D eigenvalue weighted by Gasteiger charge is -2.35. The third kappa shape index (κ3) is 2.07. The zero-order chi connectivity index (χ0) is 11.8. The lowest BCUT2D eigenvalue weighted by Crippen LogP contribution is -2.28. The maximum Gasteiger partial charge on any atom is 0.0650 e. The Kier molecular flexibility index (Phi) is 3.30. The van der Waals surface area contributed by atoms with E-state index in [4.69, 9.17) is 4.74 Å². The quantitative estimate of drug-likeness (QED) is 0.646. The molecule has 0 bridgehead atoms. The van der Waals surface area contributed by atoms with Crippen LogP contribution in [0, 0.1) is 17.8 Å². The monoisotopic (exact) mass is 234 g/mol. The van der Waals surface area contributed by atoms with Crippen LogP contribution in [0.5, 0.6) is 0 Å². The van der Waals surface area contributed by atoms with Crippen molar-refractivity contribution in [1.29, 1.82) is 0 Å². The maximum atomic E-state index is 6.32. The second-order valence-electron chi connectivity index (χ2n) is 6.36. The minimum absolute atomic E-state index is 0.534. The fraction of sp³-hybridized carbons (Fsp3) is 0.875. The molecule has 0 N–H and O–H groups in total.